The summed E-state index contributed by atoms with van der Waals surface area (Å²) in [5.41, 5.74) is 0.539. The molecule has 0 saturated carbocycles. The monoisotopic (exact) mass is 297 g/mol. The van der Waals surface area contributed by atoms with Crippen molar-refractivity contribution in [2.24, 2.45) is 0 Å². The molecule has 1 fully saturated rings. The fraction of sp³-hybridized carbons (Fsp3) is 0.545. The summed E-state index contributed by atoms with van der Waals surface area (Å²) in [6.45, 7) is -0.459. The molecular weight excluding hydrogens is 282 g/mol. The molecule has 0 radical (unpaired) electrons. The summed E-state index contributed by atoms with van der Waals surface area (Å²) >= 11 is 0. The molecule has 0 aromatic carbocycles. The Labute approximate surface area is 118 Å². The van der Waals surface area contributed by atoms with Crippen LogP contribution in [-0.4, -0.2) is 71.9 Å². The second-order valence-electron chi connectivity index (χ2n) is 4.66. The summed E-state index contributed by atoms with van der Waals surface area (Å²) in [6.07, 6.45) is -3.40. The van der Waals surface area contributed by atoms with E-state index in [1.807, 2.05) is 0 Å². The van der Waals surface area contributed by atoms with Crippen LogP contribution in [0.15, 0.2) is 6.33 Å². The molecule has 3 heterocycles. The number of aromatic hydroxyl groups is 1. The molecule has 10 nitrogen and oxygen atoms in total. The zero-order valence-corrected chi connectivity index (χ0v) is 11.1. The van der Waals surface area contributed by atoms with Crippen molar-refractivity contribution in [2.45, 2.75) is 24.5 Å². The molecule has 1 saturated heterocycles. The van der Waals surface area contributed by atoms with Gasteiger partial charge in [-0.05, 0) is 0 Å². The van der Waals surface area contributed by atoms with E-state index in [4.69, 9.17) is 9.84 Å². The minimum Gasteiger partial charge on any atom is -0.480 e. The molecule has 0 bridgehead atoms. The van der Waals surface area contributed by atoms with Crippen molar-refractivity contribution < 1.29 is 25.2 Å². The highest BCUT2D eigenvalue weighted by Crippen LogP contribution is 2.35. The molecule has 114 valence electrons. The number of fused-ring (bicyclic) bond motifs is 1. The van der Waals surface area contributed by atoms with Gasteiger partial charge in [-0.1, -0.05) is 0 Å². The highest BCUT2D eigenvalue weighted by atomic mass is 16.6. The Morgan fingerprint density at radius 2 is 2.10 bits per heavy atom. The topological polar surface area (TPSA) is 146 Å². The zero-order chi connectivity index (χ0) is 15.1. The smallest absolute Gasteiger partial charge is 0.298 e. The van der Waals surface area contributed by atoms with E-state index >= 15 is 0 Å². The van der Waals surface area contributed by atoms with Crippen molar-refractivity contribution in [3.05, 3.63) is 6.33 Å². The summed E-state index contributed by atoms with van der Waals surface area (Å²) in [5.74, 6) is 0.404. The molecule has 4 atom stereocenters. The molecular formula is C11H15N5O5. The standard InChI is InChI=1S/C11H15N5O5/c1-12-8-5-9(14-3-13-8)16(11(20)15-5)10-7(19)6(18)4(2-17)21-10/h3-4,6-7,10,17-19H,2H2,1H3,(H,15,20)(H,12,13,14)/t4-,6-,7-,10-/m1/s1. The van der Waals surface area contributed by atoms with Crippen molar-refractivity contribution in [2.75, 3.05) is 19.0 Å². The normalized spacial score (nSPS) is 29.1. The average Bonchev–Trinajstić information content (AvgIpc) is 2.96. The summed E-state index contributed by atoms with van der Waals surface area (Å²) in [7, 11) is 1.64. The number of aliphatic hydroxyl groups is 3. The second kappa shape index (κ2) is 5.07. The van der Waals surface area contributed by atoms with E-state index in [1.54, 1.807) is 7.05 Å². The molecule has 1 aliphatic rings. The Bertz CT molecular complexity index is 662. The van der Waals surface area contributed by atoms with Gasteiger partial charge in [0.2, 0.25) is 0 Å². The van der Waals surface area contributed by atoms with Crippen LogP contribution in [0.3, 0.4) is 0 Å². The summed E-state index contributed by atoms with van der Waals surface area (Å²) in [5, 5.41) is 41.8. The third-order valence-electron chi connectivity index (χ3n) is 3.47. The van der Waals surface area contributed by atoms with E-state index in [1.165, 1.54) is 6.33 Å². The van der Waals surface area contributed by atoms with E-state index in [0.717, 1.165) is 4.57 Å². The third-order valence-corrected chi connectivity index (χ3v) is 3.47. The van der Waals surface area contributed by atoms with Gasteiger partial charge in [-0.2, -0.15) is 4.98 Å². The van der Waals surface area contributed by atoms with Gasteiger partial charge in [-0.3, -0.25) is 0 Å². The Morgan fingerprint density at radius 3 is 2.71 bits per heavy atom. The number of hydrogen-bond donors (Lipinski definition) is 5. The predicted octanol–water partition coefficient (Wildman–Crippen LogP) is -1.81. The van der Waals surface area contributed by atoms with Gasteiger partial charge in [0.05, 0.1) is 6.61 Å². The van der Waals surface area contributed by atoms with Crippen molar-refractivity contribution in [1.29, 1.82) is 0 Å². The molecule has 0 unspecified atom stereocenters. The first-order chi connectivity index (χ1) is 10.1. The Balaban J connectivity index is 2.11. The van der Waals surface area contributed by atoms with Crippen LogP contribution < -0.4 is 5.32 Å². The summed E-state index contributed by atoms with van der Waals surface area (Å²) < 4.78 is 6.53. The van der Waals surface area contributed by atoms with Crippen LogP contribution in [0.1, 0.15) is 6.23 Å². The maximum absolute atomic E-state index is 10.0. The van der Waals surface area contributed by atoms with Crippen LogP contribution >= 0.6 is 0 Å². The van der Waals surface area contributed by atoms with Crippen molar-refractivity contribution >= 4 is 17.0 Å². The fourth-order valence-corrected chi connectivity index (χ4v) is 2.41. The zero-order valence-electron chi connectivity index (χ0n) is 11.1. The molecule has 3 rings (SSSR count). The van der Waals surface area contributed by atoms with Gasteiger partial charge in [0.1, 0.15) is 24.6 Å². The number of nitrogens with one attached hydrogen (secondary N) is 1. The quantitative estimate of drug-likeness (QED) is 0.442. The minimum atomic E-state index is -1.33. The van der Waals surface area contributed by atoms with Crippen molar-refractivity contribution in [3.8, 4) is 6.01 Å². The van der Waals surface area contributed by atoms with Crippen LogP contribution in [0, 0.1) is 0 Å². The number of aliphatic hydroxyl groups excluding tert-OH is 3. The maximum Gasteiger partial charge on any atom is 0.298 e. The molecule has 21 heavy (non-hydrogen) atoms. The van der Waals surface area contributed by atoms with Crippen molar-refractivity contribution in [1.82, 2.24) is 19.5 Å². The summed E-state index contributed by atoms with van der Waals surface area (Å²) in [6, 6.07) is -0.433. The predicted molar refractivity (Wildman–Crippen MR) is 69.5 cm³/mol. The molecule has 2 aromatic heterocycles. The first-order valence-corrected chi connectivity index (χ1v) is 6.30. The van der Waals surface area contributed by atoms with E-state index in [2.05, 4.69) is 20.3 Å². The summed E-state index contributed by atoms with van der Waals surface area (Å²) in [4.78, 5) is 11.9. The van der Waals surface area contributed by atoms with Gasteiger partial charge >= 0.3 is 0 Å². The molecule has 5 N–H and O–H groups in total. The van der Waals surface area contributed by atoms with E-state index in [-0.39, 0.29) is 5.65 Å². The lowest BCUT2D eigenvalue weighted by molar-refractivity contribution is -0.0537. The van der Waals surface area contributed by atoms with E-state index in [0.29, 0.717) is 11.3 Å². The highest BCUT2D eigenvalue weighted by Gasteiger charge is 2.45. The van der Waals surface area contributed by atoms with Crippen molar-refractivity contribution in [3.63, 3.8) is 0 Å². The van der Waals surface area contributed by atoms with Crippen LogP contribution in [-0.2, 0) is 4.74 Å². The van der Waals surface area contributed by atoms with Gasteiger partial charge < -0.3 is 30.5 Å². The fourth-order valence-electron chi connectivity index (χ4n) is 2.41. The number of ether oxygens (including phenoxy) is 1. The lowest BCUT2D eigenvalue weighted by Crippen LogP contribution is -2.33. The molecule has 0 amide bonds. The Hall–Kier alpha value is -2.01. The van der Waals surface area contributed by atoms with E-state index in [9.17, 15) is 15.3 Å². The molecule has 0 spiro atoms. The number of hydrogen-bond acceptors (Lipinski definition) is 9. The molecule has 2 aromatic rings. The van der Waals surface area contributed by atoms with Crippen LogP contribution in [0.25, 0.3) is 11.2 Å². The number of nitrogens with zero attached hydrogens (tertiary/aromatic N) is 4. The Kier molecular flexibility index (Phi) is 3.37. The number of anilines is 1. The van der Waals surface area contributed by atoms with Gasteiger partial charge in [-0.15, -0.1) is 0 Å². The largest absolute Gasteiger partial charge is 0.480 e. The molecule has 1 aliphatic heterocycles. The third kappa shape index (κ3) is 2.00. The second-order valence-corrected chi connectivity index (χ2v) is 4.66. The van der Waals surface area contributed by atoms with Crippen LogP contribution in [0.5, 0.6) is 6.01 Å². The maximum atomic E-state index is 10.0. The number of rotatable bonds is 3. The average molecular weight is 297 g/mol. The van der Waals surface area contributed by atoms with Gasteiger partial charge in [0.25, 0.3) is 6.01 Å². The SMILES string of the molecule is CNc1ncnc2c1nc(O)n2[C@@H]1O[C@H](CO)[C@@H](O)[C@H]1O. The van der Waals surface area contributed by atoms with Gasteiger partial charge in [0.15, 0.2) is 23.2 Å². The Morgan fingerprint density at radius 1 is 1.33 bits per heavy atom. The minimum absolute atomic E-state index is 0.238. The first kappa shape index (κ1) is 13.9. The number of aromatic nitrogens is 4. The molecule has 10 heteroatoms. The number of imidazole rings is 1. The van der Waals surface area contributed by atoms with E-state index < -0.39 is 37.2 Å². The van der Waals surface area contributed by atoms with Gasteiger partial charge in [0, 0.05) is 7.05 Å². The highest BCUT2D eigenvalue weighted by molar-refractivity contribution is 5.83. The van der Waals surface area contributed by atoms with Crippen LogP contribution in [0.4, 0.5) is 5.82 Å². The molecule has 0 aliphatic carbocycles. The first-order valence-electron chi connectivity index (χ1n) is 6.30. The van der Waals surface area contributed by atoms with Gasteiger partial charge in [-0.25, -0.2) is 14.5 Å². The lowest BCUT2D eigenvalue weighted by atomic mass is 10.1. The van der Waals surface area contributed by atoms with Crippen LogP contribution in [0.2, 0.25) is 0 Å². The lowest BCUT2D eigenvalue weighted by Gasteiger charge is -2.17.